The molecule has 0 bridgehead atoms. The Bertz CT molecular complexity index is 1110. The minimum atomic E-state index is -0.445. The molecule has 12 heteroatoms. The van der Waals surface area contributed by atoms with E-state index in [1.807, 2.05) is 0 Å². The van der Waals surface area contributed by atoms with Gasteiger partial charge in [-0.15, -0.1) is 10.2 Å². The van der Waals surface area contributed by atoms with Crippen LogP contribution >= 0.6 is 23.1 Å². The summed E-state index contributed by atoms with van der Waals surface area (Å²) in [6.07, 6.45) is 2.11. The summed E-state index contributed by atoms with van der Waals surface area (Å²) in [4.78, 5) is 35.8. The van der Waals surface area contributed by atoms with Gasteiger partial charge in [0.25, 0.3) is 5.91 Å². The molecule has 0 saturated heterocycles. The molecule has 1 aromatic carbocycles. The van der Waals surface area contributed by atoms with Gasteiger partial charge in [-0.2, -0.15) is 0 Å². The summed E-state index contributed by atoms with van der Waals surface area (Å²) >= 11 is 2.35. The molecule has 0 spiro atoms. The molecule has 1 saturated carbocycles. The average Bonchev–Trinajstić information content (AvgIpc) is 3.32. The fourth-order valence-electron chi connectivity index (χ4n) is 2.57. The standard InChI is InChI=1S/C19H17N5O5S2/c1-28-17(27)11-4-6-12(7-5-11)20-15(25)9-30-19-23-22-18(31-19)21-16(26)13-8-14(29-24-13)10-2-3-10/h4-8,10H,2-3,9H2,1H3,(H,20,25)(H,21,22,26). The number of rotatable bonds is 8. The minimum absolute atomic E-state index is 0.107. The van der Waals surface area contributed by atoms with Crippen LogP contribution in [-0.4, -0.2) is 46.0 Å². The van der Waals surface area contributed by atoms with Crippen molar-refractivity contribution in [3.8, 4) is 0 Å². The number of thioether (sulfide) groups is 1. The van der Waals surface area contributed by atoms with Crippen LogP contribution in [0.2, 0.25) is 0 Å². The van der Waals surface area contributed by atoms with Crippen LogP contribution in [0.1, 0.15) is 45.4 Å². The number of methoxy groups -OCH3 is 1. The lowest BCUT2D eigenvalue weighted by molar-refractivity contribution is -0.113. The van der Waals surface area contributed by atoms with Crippen LogP contribution in [0.3, 0.4) is 0 Å². The van der Waals surface area contributed by atoms with Gasteiger partial charge in [0.1, 0.15) is 5.76 Å². The molecule has 0 atom stereocenters. The molecular formula is C19H17N5O5S2. The second-order valence-corrected chi connectivity index (χ2v) is 8.82. The number of nitrogens with zero attached hydrogens (tertiary/aromatic N) is 3. The van der Waals surface area contributed by atoms with Crippen LogP contribution in [-0.2, 0) is 9.53 Å². The summed E-state index contributed by atoms with van der Waals surface area (Å²) < 4.78 is 10.3. The molecule has 2 N–H and O–H groups in total. The number of carbonyl (C=O) groups excluding carboxylic acids is 3. The fourth-order valence-corrected chi connectivity index (χ4v) is 4.12. The summed E-state index contributed by atoms with van der Waals surface area (Å²) in [6.45, 7) is 0. The molecule has 10 nitrogen and oxygen atoms in total. The predicted molar refractivity (Wildman–Crippen MR) is 113 cm³/mol. The Hall–Kier alpha value is -3.25. The zero-order valence-electron chi connectivity index (χ0n) is 16.3. The lowest BCUT2D eigenvalue weighted by atomic mass is 10.2. The summed E-state index contributed by atoms with van der Waals surface area (Å²) in [5.41, 5.74) is 1.15. The minimum Gasteiger partial charge on any atom is -0.465 e. The first-order valence-electron chi connectivity index (χ1n) is 9.24. The molecule has 0 radical (unpaired) electrons. The number of carbonyl (C=O) groups is 3. The van der Waals surface area contributed by atoms with Crippen LogP contribution < -0.4 is 10.6 Å². The SMILES string of the molecule is COC(=O)c1ccc(NC(=O)CSc2nnc(NC(=O)c3cc(C4CC4)on3)s2)cc1. The Labute approximate surface area is 184 Å². The first-order valence-corrected chi connectivity index (χ1v) is 11.0. The molecule has 2 heterocycles. The van der Waals surface area contributed by atoms with Crippen molar-refractivity contribution in [1.82, 2.24) is 15.4 Å². The van der Waals surface area contributed by atoms with Crippen LogP contribution in [0.15, 0.2) is 39.2 Å². The van der Waals surface area contributed by atoms with Gasteiger partial charge in [0, 0.05) is 17.7 Å². The van der Waals surface area contributed by atoms with Crippen LogP contribution in [0.4, 0.5) is 10.8 Å². The number of benzene rings is 1. The number of anilines is 2. The van der Waals surface area contributed by atoms with Gasteiger partial charge in [-0.3, -0.25) is 14.9 Å². The smallest absolute Gasteiger partial charge is 0.337 e. The van der Waals surface area contributed by atoms with Crippen LogP contribution in [0.25, 0.3) is 0 Å². The molecule has 31 heavy (non-hydrogen) atoms. The first-order chi connectivity index (χ1) is 15.0. The highest BCUT2D eigenvalue weighted by Crippen LogP contribution is 2.40. The molecule has 0 aliphatic heterocycles. The van der Waals surface area contributed by atoms with Crippen molar-refractivity contribution in [3.05, 3.63) is 47.3 Å². The van der Waals surface area contributed by atoms with Gasteiger partial charge in [0.15, 0.2) is 10.0 Å². The Morgan fingerprint density at radius 1 is 1.19 bits per heavy atom. The van der Waals surface area contributed by atoms with Crippen LogP contribution in [0.5, 0.6) is 0 Å². The molecule has 0 unspecified atom stereocenters. The summed E-state index contributed by atoms with van der Waals surface area (Å²) in [6, 6.07) is 8.01. The molecule has 2 amide bonds. The van der Waals surface area contributed by atoms with E-state index in [1.165, 1.54) is 18.9 Å². The summed E-state index contributed by atoms with van der Waals surface area (Å²) in [7, 11) is 1.30. The summed E-state index contributed by atoms with van der Waals surface area (Å²) in [5, 5.41) is 17.3. The lowest BCUT2D eigenvalue weighted by Gasteiger charge is -2.05. The van der Waals surface area contributed by atoms with E-state index in [9.17, 15) is 14.4 Å². The third kappa shape index (κ3) is 5.47. The van der Waals surface area contributed by atoms with Crippen molar-refractivity contribution < 1.29 is 23.6 Å². The normalized spacial score (nSPS) is 12.9. The Kier molecular flexibility index (Phi) is 6.28. The Morgan fingerprint density at radius 2 is 1.97 bits per heavy atom. The molecule has 1 aliphatic carbocycles. The number of ether oxygens (including phenoxy) is 1. The van der Waals surface area contributed by atoms with Crippen molar-refractivity contribution in [3.63, 3.8) is 0 Å². The zero-order valence-corrected chi connectivity index (χ0v) is 17.9. The maximum Gasteiger partial charge on any atom is 0.337 e. The van der Waals surface area contributed by atoms with E-state index in [2.05, 4.69) is 30.7 Å². The van der Waals surface area contributed by atoms with Crippen molar-refractivity contribution in [2.45, 2.75) is 23.1 Å². The maximum atomic E-state index is 12.2. The topological polar surface area (TPSA) is 136 Å². The molecule has 4 rings (SSSR count). The molecule has 2 aromatic heterocycles. The van der Waals surface area contributed by atoms with E-state index in [0.29, 0.717) is 26.6 Å². The number of hydrogen-bond donors (Lipinski definition) is 2. The lowest BCUT2D eigenvalue weighted by Crippen LogP contribution is -2.14. The van der Waals surface area contributed by atoms with E-state index < -0.39 is 11.9 Å². The largest absolute Gasteiger partial charge is 0.465 e. The summed E-state index contributed by atoms with van der Waals surface area (Å²) in [5.74, 6) is 0.0953. The molecule has 1 aliphatic rings. The van der Waals surface area contributed by atoms with Crippen LogP contribution in [0, 0.1) is 0 Å². The van der Waals surface area contributed by atoms with Gasteiger partial charge in [-0.05, 0) is 37.1 Å². The van der Waals surface area contributed by atoms with E-state index in [1.54, 1.807) is 30.3 Å². The number of nitrogens with one attached hydrogen (secondary N) is 2. The quantitative estimate of drug-likeness (QED) is 0.296. The van der Waals surface area contributed by atoms with Crippen molar-refractivity contribution in [2.24, 2.45) is 0 Å². The highest BCUT2D eigenvalue weighted by Gasteiger charge is 2.29. The van der Waals surface area contributed by atoms with E-state index in [0.717, 1.165) is 29.9 Å². The van der Waals surface area contributed by atoms with Crippen molar-refractivity contribution in [1.29, 1.82) is 0 Å². The van der Waals surface area contributed by atoms with E-state index in [4.69, 9.17) is 4.52 Å². The average molecular weight is 460 g/mol. The number of esters is 1. The molecule has 1 fully saturated rings. The monoisotopic (exact) mass is 459 g/mol. The van der Waals surface area contributed by atoms with Gasteiger partial charge in [0.05, 0.1) is 18.4 Å². The Balaban J connectivity index is 1.25. The molecule has 160 valence electrons. The van der Waals surface area contributed by atoms with Gasteiger partial charge in [0.2, 0.25) is 11.0 Å². The van der Waals surface area contributed by atoms with Gasteiger partial charge >= 0.3 is 5.97 Å². The predicted octanol–water partition coefficient (Wildman–Crippen LogP) is 3.17. The van der Waals surface area contributed by atoms with Crippen molar-refractivity contribution >= 4 is 51.7 Å². The third-order valence-corrected chi connectivity index (χ3v) is 6.26. The highest BCUT2D eigenvalue weighted by atomic mass is 32.2. The third-order valence-electron chi connectivity index (χ3n) is 4.28. The molecule has 3 aromatic rings. The number of amides is 2. The van der Waals surface area contributed by atoms with E-state index in [-0.39, 0.29) is 17.4 Å². The fraction of sp³-hybridized carbons (Fsp3) is 0.263. The first kappa shape index (κ1) is 21.0. The van der Waals surface area contributed by atoms with E-state index >= 15 is 0 Å². The van der Waals surface area contributed by atoms with Gasteiger partial charge in [-0.25, -0.2) is 4.79 Å². The van der Waals surface area contributed by atoms with Gasteiger partial charge < -0.3 is 14.6 Å². The molecular weight excluding hydrogens is 442 g/mol. The Morgan fingerprint density at radius 3 is 2.68 bits per heavy atom. The van der Waals surface area contributed by atoms with Gasteiger partial charge in [-0.1, -0.05) is 28.3 Å². The zero-order chi connectivity index (χ0) is 21.8. The second-order valence-electron chi connectivity index (χ2n) is 6.62. The van der Waals surface area contributed by atoms with Crippen molar-refractivity contribution in [2.75, 3.05) is 23.5 Å². The maximum absolute atomic E-state index is 12.2. The highest BCUT2D eigenvalue weighted by molar-refractivity contribution is 8.01. The number of aromatic nitrogens is 3. The second kappa shape index (κ2) is 9.27. The number of hydrogen-bond acceptors (Lipinski definition) is 10.